The van der Waals surface area contributed by atoms with Crippen LogP contribution in [0, 0.1) is 10.1 Å². The van der Waals surface area contributed by atoms with Crippen molar-refractivity contribution in [1.29, 1.82) is 0 Å². The first kappa shape index (κ1) is 10.8. The van der Waals surface area contributed by atoms with Crippen molar-refractivity contribution in [1.82, 2.24) is 9.97 Å². The molecule has 7 heteroatoms. The van der Waals surface area contributed by atoms with Crippen molar-refractivity contribution in [3.8, 4) is 11.8 Å². The van der Waals surface area contributed by atoms with Gasteiger partial charge in [0.2, 0.25) is 0 Å². The molecular formula is C10H8N4O3. The van der Waals surface area contributed by atoms with E-state index in [1.807, 2.05) is 0 Å². The Bertz CT molecular complexity index is 542. The molecule has 86 valence electrons. The van der Waals surface area contributed by atoms with Crippen LogP contribution in [0.15, 0.2) is 36.7 Å². The molecule has 0 fully saturated rings. The monoisotopic (exact) mass is 232 g/mol. The molecule has 2 N–H and O–H groups in total. The van der Waals surface area contributed by atoms with E-state index < -0.39 is 4.92 Å². The van der Waals surface area contributed by atoms with E-state index in [4.69, 9.17) is 10.5 Å². The zero-order valence-electron chi connectivity index (χ0n) is 8.61. The molecule has 1 heterocycles. The van der Waals surface area contributed by atoms with E-state index in [-0.39, 0.29) is 11.7 Å². The zero-order chi connectivity index (χ0) is 12.3. The van der Waals surface area contributed by atoms with E-state index in [2.05, 4.69) is 9.97 Å². The van der Waals surface area contributed by atoms with E-state index in [0.29, 0.717) is 11.4 Å². The summed E-state index contributed by atoms with van der Waals surface area (Å²) in [6.45, 7) is 0. The second-order valence-electron chi connectivity index (χ2n) is 3.16. The molecule has 0 radical (unpaired) electrons. The molecule has 2 aromatic rings. The number of ether oxygens (including phenoxy) is 1. The second-order valence-corrected chi connectivity index (χ2v) is 3.16. The van der Waals surface area contributed by atoms with Crippen LogP contribution in [-0.2, 0) is 0 Å². The van der Waals surface area contributed by atoms with Crippen LogP contribution >= 0.6 is 0 Å². The molecule has 0 aliphatic carbocycles. The lowest BCUT2D eigenvalue weighted by atomic mass is 10.3. The van der Waals surface area contributed by atoms with Gasteiger partial charge in [-0.15, -0.1) is 0 Å². The predicted molar refractivity (Wildman–Crippen MR) is 59.6 cm³/mol. The average Bonchev–Trinajstić information content (AvgIpc) is 2.29. The maximum Gasteiger partial charge on any atom is 0.322 e. The van der Waals surface area contributed by atoms with Gasteiger partial charge >= 0.3 is 11.7 Å². The Labute approximate surface area is 96.0 Å². The summed E-state index contributed by atoms with van der Waals surface area (Å²) in [6, 6.07) is 6.74. The highest BCUT2D eigenvalue weighted by Crippen LogP contribution is 2.20. The number of benzene rings is 1. The predicted octanol–water partition coefficient (Wildman–Crippen LogP) is 1.76. The summed E-state index contributed by atoms with van der Waals surface area (Å²) in [7, 11) is 0. The lowest BCUT2D eigenvalue weighted by molar-refractivity contribution is -0.385. The van der Waals surface area contributed by atoms with Crippen molar-refractivity contribution < 1.29 is 9.66 Å². The summed E-state index contributed by atoms with van der Waals surface area (Å²) >= 11 is 0. The molecule has 0 spiro atoms. The van der Waals surface area contributed by atoms with Crippen molar-refractivity contribution in [2.45, 2.75) is 0 Å². The summed E-state index contributed by atoms with van der Waals surface area (Å²) < 4.78 is 5.27. The van der Waals surface area contributed by atoms with Crippen molar-refractivity contribution in [2.75, 3.05) is 5.73 Å². The van der Waals surface area contributed by atoms with Crippen LogP contribution in [0.25, 0.3) is 0 Å². The first-order valence-corrected chi connectivity index (χ1v) is 4.65. The Morgan fingerprint density at radius 2 is 2.00 bits per heavy atom. The highest BCUT2D eigenvalue weighted by molar-refractivity contribution is 5.44. The third-order valence-corrected chi connectivity index (χ3v) is 1.89. The maximum atomic E-state index is 10.4. The molecule has 1 aromatic carbocycles. The van der Waals surface area contributed by atoms with E-state index in [0.717, 1.165) is 12.4 Å². The Balaban J connectivity index is 2.16. The molecule has 0 atom stereocenters. The summed E-state index contributed by atoms with van der Waals surface area (Å²) in [5.41, 5.74) is 5.92. The first-order valence-electron chi connectivity index (χ1n) is 4.65. The van der Waals surface area contributed by atoms with Gasteiger partial charge in [-0.1, -0.05) is 6.07 Å². The van der Waals surface area contributed by atoms with Gasteiger partial charge in [0.25, 0.3) is 0 Å². The molecule has 0 bridgehead atoms. The fourth-order valence-electron chi connectivity index (χ4n) is 1.14. The largest absolute Gasteiger partial charge is 0.424 e. The Kier molecular flexibility index (Phi) is 2.82. The molecule has 0 aliphatic heterocycles. The fourth-order valence-corrected chi connectivity index (χ4v) is 1.14. The van der Waals surface area contributed by atoms with Gasteiger partial charge in [0.15, 0.2) is 0 Å². The Morgan fingerprint density at radius 3 is 2.59 bits per heavy atom. The van der Waals surface area contributed by atoms with E-state index >= 15 is 0 Å². The number of hydrogen-bond donors (Lipinski definition) is 1. The van der Waals surface area contributed by atoms with Crippen molar-refractivity contribution in [2.24, 2.45) is 0 Å². The Hall–Kier alpha value is -2.70. The minimum Gasteiger partial charge on any atom is -0.424 e. The second kappa shape index (κ2) is 4.44. The molecular weight excluding hydrogens is 224 g/mol. The minimum atomic E-state index is -0.579. The summed E-state index contributed by atoms with van der Waals surface area (Å²) in [5.74, 6) is 0.471. The maximum absolute atomic E-state index is 10.4. The first-order chi connectivity index (χ1) is 8.15. The highest BCUT2D eigenvalue weighted by atomic mass is 16.6. The van der Waals surface area contributed by atoms with E-state index in [1.54, 1.807) is 24.3 Å². The van der Waals surface area contributed by atoms with Crippen molar-refractivity contribution >= 4 is 11.4 Å². The third kappa shape index (κ3) is 2.65. The van der Waals surface area contributed by atoms with Gasteiger partial charge in [0.05, 0.1) is 4.92 Å². The van der Waals surface area contributed by atoms with Crippen LogP contribution in [0.3, 0.4) is 0 Å². The summed E-state index contributed by atoms with van der Waals surface area (Å²) in [6.07, 6.45) is 2.16. The topological polar surface area (TPSA) is 104 Å². The quantitative estimate of drug-likeness (QED) is 0.491. The standard InChI is InChI=1S/C10H8N4O3/c11-7-2-1-3-9(4-7)17-10-12-5-8(6-13-10)14(15)16/h1-6H,11H2. The van der Waals surface area contributed by atoms with Crippen molar-refractivity contribution in [3.05, 3.63) is 46.8 Å². The number of nitrogen functional groups attached to an aromatic ring is 1. The SMILES string of the molecule is Nc1cccc(Oc2ncc([N+](=O)[O-])cn2)c1. The van der Waals surface area contributed by atoms with Gasteiger partial charge in [0.1, 0.15) is 18.1 Å². The molecule has 2 rings (SSSR count). The number of nitrogens with two attached hydrogens (primary N) is 1. The van der Waals surface area contributed by atoms with Crippen LogP contribution in [0.5, 0.6) is 11.8 Å². The number of nitro groups is 1. The van der Waals surface area contributed by atoms with Crippen LogP contribution in [0.1, 0.15) is 0 Å². The van der Waals surface area contributed by atoms with Gasteiger partial charge in [-0.2, -0.15) is 9.97 Å². The smallest absolute Gasteiger partial charge is 0.322 e. The summed E-state index contributed by atoms with van der Waals surface area (Å²) in [5, 5.41) is 10.4. The van der Waals surface area contributed by atoms with Crippen LogP contribution in [-0.4, -0.2) is 14.9 Å². The lowest BCUT2D eigenvalue weighted by Gasteiger charge is -2.03. The lowest BCUT2D eigenvalue weighted by Crippen LogP contribution is -1.95. The molecule has 0 unspecified atom stereocenters. The molecule has 1 aromatic heterocycles. The molecule has 17 heavy (non-hydrogen) atoms. The molecule has 0 amide bonds. The highest BCUT2D eigenvalue weighted by Gasteiger charge is 2.07. The number of nitrogens with zero attached hydrogens (tertiary/aromatic N) is 3. The van der Waals surface area contributed by atoms with Crippen LogP contribution in [0.4, 0.5) is 11.4 Å². The van der Waals surface area contributed by atoms with Crippen LogP contribution < -0.4 is 10.5 Å². The summed E-state index contributed by atoms with van der Waals surface area (Å²) in [4.78, 5) is 17.2. The number of aromatic nitrogens is 2. The van der Waals surface area contributed by atoms with Gasteiger partial charge < -0.3 is 10.5 Å². The molecule has 7 nitrogen and oxygen atoms in total. The van der Waals surface area contributed by atoms with Gasteiger partial charge in [0, 0.05) is 11.8 Å². The fraction of sp³-hybridized carbons (Fsp3) is 0. The normalized spacial score (nSPS) is 9.88. The third-order valence-electron chi connectivity index (χ3n) is 1.89. The van der Waals surface area contributed by atoms with E-state index in [9.17, 15) is 10.1 Å². The number of hydrogen-bond acceptors (Lipinski definition) is 6. The zero-order valence-corrected chi connectivity index (χ0v) is 8.61. The van der Waals surface area contributed by atoms with Gasteiger partial charge in [-0.25, -0.2) is 0 Å². The van der Waals surface area contributed by atoms with Crippen LogP contribution in [0.2, 0.25) is 0 Å². The van der Waals surface area contributed by atoms with E-state index in [1.165, 1.54) is 0 Å². The number of rotatable bonds is 3. The average molecular weight is 232 g/mol. The minimum absolute atomic E-state index is 0.0289. The molecule has 0 saturated carbocycles. The number of anilines is 1. The van der Waals surface area contributed by atoms with Crippen molar-refractivity contribution in [3.63, 3.8) is 0 Å². The molecule has 0 saturated heterocycles. The van der Waals surface area contributed by atoms with Gasteiger partial charge in [-0.05, 0) is 12.1 Å². The Morgan fingerprint density at radius 1 is 1.29 bits per heavy atom. The van der Waals surface area contributed by atoms with Gasteiger partial charge in [-0.3, -0.25) is 10.1 Å². The molecule has 0 aliphatic rings.